The van der Waals surface area contributed by atoms with E-state index in [0.717, 1.165) is 0 Å². The number of hydrogen-bond acceptors (Lipinski definition) is 4. The lowest BCUT2D eigenvalue weighted by Crippen LogP contribution is -2.37. The van der Waals surface area contributed by atoms with E-state index in [2.05, 4.69) is 5.32 Å². The molecule has 1 amide bonds. The molecule has 0 saturated carbocycles. The Hall–Kier alpha value is -3.64. The Morgan fingerprint density at radius 1 is 0.867 bits per heavy atom. The van der Waals surface area contributed by atoms with Crippen LogP contribution < -0.4 is 10.1 Å². The van der Waals surface area contributed by atoms with Gasteiger partial charge in [0.2, 0.25) is 5.91 Å². The van der Waals surface area contributed by atoms with E-state index in [1.54, 1.807) is 55.6 Å². The van der Waals surface area contributed by atoms with E-state index in [4.69, 9.17) is 9.47 Å². The molecule has 0 aliphatic heterocycles. The van der Waals surface area contributed by atoms with Gasteiger partial charge in [-0.05, 0) is 35.4 Å². The largest absolute Gasteiger partial charge is 0.497 e. The van der Waals surface area contributed by atoms with Gasteiger partial charge >= 0.3 is 5.97 Å². The Labute approximate surface area is 175 Å². The summed E-state index contributed by atoms with van der Waals surface area (Å²) >= 11 is 0. The summed E-state index contributed by atoms with van der Waals surface area (Å²) < 4.78 is 11.2. The molecule has 0 aromatic heterocycles. The van der Waals surface area contributed by atoms with Crippen LogP contribution in [-0.2, 0) is 19.9 Å². The van der Waals surface area contributed by atoms with Crippen molar-refractivity contribution in [2.75, 3.05) is 19.0 Å². The van der Waals surface area contributed by atoms with E-state index in [-0.39, 0.29) is 18.9 Å². The van der Waals surface area contributed by atoms with E-state index in [1.165, 1.54) is 0 Å². The lowest BCUT2D eigenvalue weighted by molar-refractivity contribution is -0.146. The molecule has 154 valence electrons. The van der Waals surface area contributed by atoms with Crippen LogP contribution >= 0.6 is 0 Å². The highest BCUT2D eigenvalue weighted by Gasteiger charge is 2.38. The first kappa shape index (κ1) is 21.1. The van der Waals surface area contributed by atoms with E-state index < -0.39 is 11.6 Å². The molecule has 0 fully saturated rings. The summed E-state index contributed by atoms with van der Waals surface area (Å²) in [6, 6.07) is 25.1. The van der Waals surface area contributed by atoms with E-state index in [0.29, 0.717) is 22.6 Å². The Bertz CT molecular complexity index is 932. The van der Waals surface area contributed by atoms with Crippen LogP contribution in [0.25, 0.3) is 0 Å². The van der Waals surface area contributed by atoms with Gasteiger partial charge in [-0.1, -0.05) is 60.7 Å². The van der Waals surface area contributed by atoms with Crippen molar-refractivity contribution >= 4 is 17.6 Å². The van der Waals surface area contributed by atoms with Crippen molar-refractivity contribution in [3.8, 4) is 5.75 Å². The normalized spacial score (nSPS) is 11.0. The molecule has 0 heterocycles. The molecule has 6 nitrogen and oxygen atoms in total. The van der Waals surface area contributed by atoms with E-state index in [1.807, 2.05) is 36.4 Å². The summed E-state index contributed by atoms with van der Waals surface area (Å²) in [7, 11) is 1.57. The molecule has 3 rings (SSSR count). The second-order valence-corrected chi connectivity index (χ2v) is 6.69. The number of carboxylic acid groups (broad SMARTS) is 1. The monoisotopic (exact) mass is 405 g/mol. The van der Waals surface area contributed by atoms with Crippen molar-refractivity contribution in [2.24, 2.45) is 0 Å². The molecule has 0 unspecified atom stereocenters. The predicted molar refractivity (Wildman–Crippen MR) is 113 cm³/mol. The topological polar surface area (TPSA) is 84.9 Å². The van der Waals surface area contributed by atoms with Gasteiger partial charge < -0.3 is 19.9 Å². The molecule has 6 heteroatoms. The summed E-state index contributed by atoms with van der Waals surface area (Å²) in [4.78, 5) is 24.3. The molecule has 30 heavy (non-hydrogen) atoms. The van der Waals surface area contributed by atoms with Gasteiger partial charge in [-0.3, -0.25) is 9.59 Å². The third-order valence-electron chi connectivity index (χ3n) is 4.70. The second-order valence-electron chi connectivity index (χ2n) is 6.69. The number of methoxy groups -OCH3 is 1. The third-order valence-corrected chi connectivity index (χ3v) is 4.70. The standard InChI is InChI=1S/C24H23NO5/c1-29-21-14-12-20(13-15-21)25-22(26)17-30-24(16-23(27)28,18-8-4-2-5-9-18)19-10-6-3-7-11-19/h2-15H,16-17H2,1H3,(H,25,26)(H,27,28). The lowest BCUT2D eigenvalue weighted by atomic mass is 9.83. The number of aliphatic carboxylic acids is 1. The minimum absolute atomic E-state index is 0.316. The first-order valence-corrected chi connectivity index (χ1v) is 9.44. The van der Waals surface area contributed by atoms with E-state index >= 15 is 0 Å². The van der Waals surface area contributed by atoms with Crippen LogP contribution in [0.2, 0.25) is 0 Å². The van der Waals surface area contributed by atoms with Gasteiger partial charge in [-0.15, -0.1) is 0 Å². The van der Waals surface area contributed by atoms with Crippen LogP contribution in [0, 0.1) is 0 Å². The third kappa shape index (κ3) is 5.04. The number of nitrogens with one attached hydrogen (secondary N) is 1. The van der Waals surface area contributed by atoms with Crippen LogP contribution in [0.5, 0.6) is 5.75 Å². The molecular weight excluding hydrogens is 382 g/mol. The van der Waals surface area contributed by atoms with Gasteiger partial charge in [0.05, 0.1) is 13.5 Å². The highest BCUT2D eigenvalue weighted by Crippen LogP contribution is 2.37. The maximum atomic E-state index is 12.5. The number of amides is 1. The van der Waals surface area contributed by atoms with Crippen LogP contribution in [0.3, 0.4) is 0 Å². The fourth-order valence-corrected chi connectivity index (χ4v) is 3.28. The van der Waals surface area contributed by atoms with Gasteiger partial charge in [-0.25, -0.2) is 0 Å². The molecule has 0 saturated heterocycles. The van der Waals surface area contributed by atoms with Gasteiger partial charge in [-0.2, -0.15) is 0 Å². The fraction of sp³-hybridized carbons (Fsp3) is 0.167. The number of anilines is 1. The summed E-state index contributed by atoms with van der Waals surface area (Å²) in [5.41, 5.74) is 0.616. The summed E-state index contributed by atoms with van der Waals surface area (Å²) in [5.74, 6) is -0.738. The summed E-state index contributed by atoms with van der Waals surface area (Å²) in [6.07, 6.45) is -0.323. The molecule has 3 aromatic carbocycles. The second kappa shape index (κ2) is 9.71. The maximum absolute atomic E-state index is 12.5. The van der Waals surface area contributed by atoms with Crippen LogP contribution in [-0.4, -0.2) is 30.7 Å². The van der Waals surface area contributed by atoms with Crippen molar-refractivity contribution < 1.29 is 24.2 Å². The van der Waals surface area contributed by atoms with Gasteiger partial charge in [0.25, 0.3) is 0 Å². The minimum atomic E-state index is -1.30. The highest BCUT2D eigenvalue weighted by atomic mass is 16.5. The Balaban J connectivity index is 1.86. The average Bonchev–Trinajstić information content (AvgIpc) is 2.78. The van der Waals surface area contributed by atoms with Crippen molar-refractivity contribution in [3.05, 3.63) is 96.1 Å². The predicted octanol–water partition coefficient (Wildman–Crippen LogP) is 4.07. The minimum Gasteiger partial charge on any atom is -0.497 e. The first-order valence-electron chi connectivity index (χ1n) is 9.44. The fourth-order valence-electron chi connectivity index (χ4n) is 3.28. The number of hydrogen-bond donors (Lipinski definition) is 2. The number of carbonyl (C=O) groups is 2. The number of ether oxygens (including phenoxy) is 2. The van der Waals surface area contributed by atoms with Crippen molar-refractivity contribution in [2.45, 2.75) is 12.0 Å². The zero-order valence-corrected chi connectivity index (χ0v) is 16.6. The Kier molecular flexibility index (Phi) is 6.83. The SMILES string of the molecule is COc1ccc(NC(=O)COC(CC(=O)O)(c2ccccc2)c2ccccc2)cc1. The number of benzene rings is 3. The van der Waals surface area contributed by atoms with Crippen molar-refractivity contribution in [1.29, 1.82) is 0 Å². The Morgan fingerprint density at radius 2 is 1.40 bits per heavy atom. The molecule has 0 bridgehead atoms. The van der Waals surface area contributed by atoms with Gasteiger partial charge in [0.1, 0.15) is 18.0 Å². The number of carbonyl (C=O) groups excluding carboxylic acids is 1. The maximum Gasteiger partial charge on any atom is 0.307 e. The summed E-state index contributed by atoms with van der Waals surface area (Å²) in [6.45, 7) is -0.316. The molecule has 0 atom stereocenters. The quantitative estimate of drug-likeness (QED) is 0.561. The molecule has 0 radical (unpaired) electrons. The van der Waals surface area contributed by atoms with Crippen LogP contribution in [0.4, 0.5) is 5.69 Å². The van der Waals surface area contributed by atoms with Crippen molar-refractivity contribution in [1.82, 2.24) is 0 Å². The molecule has 0 spiro atoms. The average molecular weight is 405 g/mol. The molecule has 3 aromatic rings. The molecule has 2 N–H and O–H groups in total. The highest BCUT2D eigenvalue weighted by molar-refractivity contribution is 5.91. The van der Waals surface area contributed by atoms with E-state index in [9.17, 15) is 14.7 Å². The number of carboxylic acids is 1. The van der Waals surface area contributed by atoms with Gasteiger partial charge in [0.15, 0.2) is 0 Å². The zero-order valence-electron chi connectivity index (χ0n) is 16.6. The van der Waals surface area contributed by atoms with Gasteiger partial charge in [0, 0.05) is 5.69 Å². The number of rotatable bonds is 9. The first-order chi connectivity index (χ1) is 14.5. The molecule has 0 aliphatic rings. The smallest absolute Gasteiger partial charge is 0.307 e. The van der Waals surface area contributed by atoms with Crippen LogP contribution in [0.1, 0.15) is 17.5 Å². The lowest BCUT2D eigenvalue weighted by Gasteiger charge is -2.33. The Morgan fingerprint density at radius 3 is 1.87 bits per heavy atom. The zero-order chi connectivity index (χ0) is 21.4. The summed E-state index contributed by atoms with van der Waals surface area (Å²) in [5, 5.41) is 12.4. The molecule has 0 aliphatic carbocycles. The van der Waals surface area contributed by atoms with Crippen molar-refractivity contribution in [3.63, 3.8) is 0 Å². The molecular formula is C24H23NO5. The van der Waals surface area contributed by atoms with Crippen LogP contribution in [0.15, 0.2) is 84.9 Å².